The first-order valence-corrected chi connectivity index (χ1v) is 10.4. The minimum atomic E-state index is -0.867. The molecule has 4 rings (SSSR count). The van der Waals surface area contributed by atoms with E-state index in [0.29, 0.717) is 22.7 Å². The van der Waals surface area contributed by atoms with Gasteiger partial charge in [-0.05, 0) is 48.0 Å². The number of aromatic nitrogens is 1. The smallest absolute Gasteiger partial charge is 0.301 e. The maximum atomic E-state index is 13.1. The zero-order chi connectivity index (χ0) is 22.1. The summed E-state index contributed by atoms with van der Waals surface area (Å²) < 4.78 is 5.92. The highest BCUT2D eigenvalue weighted by atomic mass is 79.9. The summed E-state index contributed by atoms with van der Waals surface area (Å²) in [4.78, 5) is 31.6. The van der Waals surface area contributed by atoms with Crippen molar-refractivity contribution in [2.75, 3.05) is 12.0 Å². The van der Waals surface area contributed by atoms with Crippen LogP contribution in [0.3, 0.4) is 0 Å². The molecular formula is C23H16BrClN2O4. The fraction of sp³-hybridized carbons (Fsp3) is 0.0870. The molecule has 0 unspecified atom stereocenters. The number of carbonyl (C=O) groups excluding carboxylic acids is 2. The minimum Gasteiger partial charge on any atom is -0.507 e. The zero-order valence-electron chi connectivity index (χ0n) is 16.3. The SMILES string of the molecule is COc1ccc(/C(O)=C2\C(=O)C(=O)N(c3ccccn3)[C@H]2c2cccc(Br)c2)cc1Cl. The van der Waals surface area contributed by atoms with Crippen LogP contribution in [-0.4, -0.2) is 28.9 Å². The molecule has 1 atom stereocenters. The fourth-order valence-electron chi connectivity index (χ4n) is 3.53. The van der Waals surface area contributed by atoms with Crippen LogP contribution in [0.25, 0.3) is 5.76 Å². The Balaban J connectivity index is 1.94. The van der Waals surface area contributed by atoms with Gasteiger partial charge in [-0.25, -0.2) is 4.98 Å². The van der Waals surface area contributed by atoms with Crippen molar-refractivity contribution in [2.24, 2.45) is 0 Å². The van der Waals surface area contributed by atoms with Crippen molar-refractivity contribution in [3.63, 3.8) is 0 Å². The van der Waals surface area contributed by atoms with Gasteiger partial charge in [-0.15, -0.1) is 0 Å². The monoisotopic (exact) mass is 498 g/mol. The molecule has 0 aliphatic carbocycles. The van der Waals surface area contributed by atoms with Gasteiger partial charge in [0, 0.05) is 16.2 Å². The van der Waals surface area contributed by atoms with Gasteiger partial charge in [0.1, 0.15) is 17.3 Å². The van der Waals surface area contributed by atoms with E-state index in [9.17, 15) is 14.7 Å². The van der Waals surface area contributed by atoms with Gasteiger partial charge in [0.2, 0.25) is 0 Å². The van der Waals surface area contributed by atoms with E-state index in [1.165, 1.54) is 24.3 Å². The van der Waals surface area contributed by atoms with Crippen molar-refractivity contribution in [1.29, 1.82) is 0 Å². The van der Waals surface area contributed by atoms with E-state index in [0.717, 1.165) is 4.47 Å². The van der Waals surface area contributed by atoms with Crippen molar-refractivity contribution in [3.05, 3.63) is 93.1 Å². The Bertz CT molecular complexity index is 1210. The van der Waals surface area contributed by atoms with E-state index in [4.69, 9.17) is 16.3 Å². The molecule has 1 N–H and O–H groups in total. The number of aliphatic hydroxyl groups is 1. The number of Topliss-reactive ketones (excluding diaryl/α,β-unsaturated/α-hetero) is 1. The Morgan fingerprint density at radius 3 is 2.58 bits per heavy atom. The summed E-state index contributed by atoms with van der Waals surface area (Å²) >= 11 is 9.64. The number of hydrogen-bond donors (Lipinski definition) is 1. The summed E-state index contributed by atoms with van der Waals surface area (Å²) in [5.74, 6) is -1.17. The number of halogens is 2. The summed E-state index contributed by atoms with van der Waals surface area (Å²) in [6, 6.07) is 16.1. The average molecular weight is 500 g/mol. The molecule has 0 spiro atoms. The second-order valence-electron chi connectivity index (χ2n) is 6.76. The maximum Gasteiger partial charge on any atom is 0.301 e. The number of ketones is 1. The molecule has 1 amide bonds. The Hall–Kier alpha value is -3.16. The first-order chi connectivity index (χ1) is 14.9. The Morgan fingerprint density at radius 2 is 1.94 bits per heavy atom. The normalized spacial score (nSPS) is 17.8. The maximum absolute atomic E-state index is 13.1. The lowest BCUT2D eigenvalue weighted by Gasteiger charge is -2.24. The second kappa shape index (κ2) is 8.53. The third kappa shape index (κ3) is 3.82. The van der Waals surface area contributed by atoms with Crippen LogP contribution in [0.15, 0.2) is 76.9 Å². The van der Waals surface area contributed by atoms with Crippen LogP contribution >= 0.6 is 27.5 Å². The van der Waals surface area contributed by atoms with Gasteiger partial charge in [-0.1, -0.05) is 45.7 Å². The molecule has 1 aliphatic rings. The van der Waals surface area contributed by atoms with Crippen molar-refractivity contribution in [1.82, 2.24) is 4.98 Å². The molecule has 2 heterocycles. The summed E-state index contributed by atoms with van der Waals surface area (Å²) in [7, 11) is 1.48. The van der Waals surface area contributed by atoms with Crippen LogP contribution in [0.1, 0.15) is 17.2 Å². The van der Waals surface area contributed by atoms with Gasteiger partial charge in [0.05, 0.1) is 23.7 Å². The number of carbonyl (C=O) groups is 2. The van der Waals surface area contributed by atoms with E-state index < -0.39 is 17.7 Å². The zero-order valence-corrected chi connectivity index (χ0v) is 18.6. The number of benzene rings is 2. The topological polar surface area (TPSA) is 79.7 Å². The van der Waals surface area contributed by atoms with Gasteiger partial charge in [0.15, 0.2) is 0 Å². The third-order valence-corrected chi connectivity index (χ3v) is 5.72. The highest BCUT2D eigenvalue weighted by Crippen LogP contribution is 2.42. The number of rotatable bonds is 4. The molecule has 0 saturated carbocycles. The van der Waals surface area contributed by atoms with Gasteiger partial charge in [0.25, 0.3) is 5.78 Å². The van der Waals surface area contributed by atoms with Crippen LogP contribution in [0.4, 0.5) is 5.82 Å². The number of pyridine rings is 1. The van der Waals surface area contributed by atoms with Gasteiger partial charge in [-0.2, -0.15) is 0 Å². The lowest BCUT2D eigenvalue weighted by molar-refractivity contribution is -0.132. The number of aliphatic hydroxyl groups excluding tert-OH is 1. The first kappa shape index (κ1) is 21.1. The molecule has 1 aliphatic heterocycles. The quantitative estimate of drug-likeness (QED) is 0.306. The van der Waals surface area contributed by atoms with Crippen LogP contribution in [-0.2, 0) is 9.59 Å². The molecule has 1 aromatic heterocycles. The molecule has 1 fully saturated rings. The van der Waals surface area contributed by atoms with Crippen molar-refractivity contribution in [2.45, 2.75) is 6.04 Å². The molecule has 0 radical (unpaired) electrons. The van der Waals surface area contributed by atoms with E-state index in [-0.39, 0.29) is 16.4 Å². The molecule has 2 aromatic carbocycles. The Morgan fingerprint density at radius 1 is 1.13 bits per heavy atom. The van der Waals surface area contributed by atoms with Gasteiger partial charge < -0.3 is 9.84 Å². The number of anilines is 1. The average Bonchev–Trinajstić information content (AvgIpc) is 3.04. The lowest BCUT2D eigenvalue weighted by atomic mass is 9.95. The molecule has 1 saturated heterocycles. The van der Waals surface area contributed by atoms with Crippen molar-refractivity contribution < 1.29 is 19.4 Å². The predicted molar refractivity (Wildman–Crippen MR) is 121 cm³/mol. The lowest BCUT2D eigenvalue weighted by Crippen LogP contribution is -2.30. The van der Waals surface area contributed by atoms with E-state index in [2.05, 4.69) is 20.9 Å². The molecule has 8 heteroatoms. The number of amides is 1. The van der Waals surface area contributed by atoms with E-state index >= 15 is 0 Å². The van der Waals surface area contributed by atoms with E-state index in [1.54, 1.807) is 48.5 Å². The second-order valence-corrected chi connectivity index (χ2v) is 8.08. The molecule has 156 valence electrons. The number of nitrogens with zero attached hydrogens (tertiary/aromatic N) is 2. The first-order valence-electron chi connectivity index (χ1n) is 9.23. The van der Waals surface area contributed by atoms with Gasteiger partial charge >= 0.3 is 5.91 Å². The number of hydrogen-bond acceptors (Lipinski definition) is 5. The molecule has 6 nitrogen and oxygen atoms in total. The predicted octanol–water partition coefficient (Wildman–Crippen LogP) is 5.13. The fourth-order valence-corrected chi connectivity index (χ4v) is 4.20. The largest absolute Gasteiger partial charge is 0.507 e. The standard InChI is InChI=1S/C23H16BrClN2O4/c1-31-17-9-8-14(12-16(17)25)21(28)19-20(13-5-4-6-15(24)11-13)27(23(30)22(19)29)18-7-2-3-10-26-18/h2-12,20,28H,1H3/b21-19+/t20-/m0/s1. The van der Waals surface area contributed by atoms with Crippen LogP contribution in [0.2, 0.25) is 5.02 Å². The highest BCUT2D eigenvalue weighted by Gasteiger charge is 2.47. The van der Waals surface area contributed by atoms with Crippen molar-refractivity contribution in [3.8, 4) is 5.75 Å². The summed E-state index contributed by atoms with van der Waals surface area (Å²) in [6.07, 6.45) is 1.54. The van der Waals surface area contributed by atoms with E-state index in [1.807, 2.05) is 6.07 Å². The molecule has 3 aromatic rings. The summed E-state index contributed by atoms with van der Waals surface area (Å²) in [5.41, 5.74) is 0.889. The Kier molecular flexibility index (Phi) is 5.80. The number of methoxy groups -OCH3 is 1. The number of ether oxygens (including phenoxy) is 1. The van der Waals surface area contributed by atoms with Crippen LogP contribution in [0, 0.1) is 0 Å². The minimum absolute atomic E-state index is 0.0463. The summed E-state index contributed by atoms with van der Waals surface area (Å²) in [6.45, 7) is 0. The molecule has 31 heavy (non-hydrogen) atoms. The molecule has 0 bridgehead atoms. The third-order valence-electron chi connectivity index (χ3n) is 4.93. The Labute approximate surface area is 191 Å². The van der Waals surface area contributed by atoms with Crippen LogP contribution in [0.5, 0.6) is 5.75 Å². The molecular weight excluding hydrogens is 484 g/mol. The van der Waals surface area contributed by atoms with Crippen molar-refractivity contribution >= 4 is 50.8 Å². The van der Waals surface area contributed by atoms with Crippen LogP contribution < -0.4 is 9.64 Å². The summed E-state index contributed by atoms with van der Waals surface area (Å²) in [5, 5.41) is 11.4. The highest BCUT2D eigenvalue weighted by molar-refractivity contribution is 9.10. The van der Waals surface area contributed by atoms with Gasteiger partial charge in [-0.3, -0.25) is 14.5 Å².